The minimum absolute atomic E-state index is 0.0640. The van der Waals surface area contributed by atoms with Crippen molar-refractivity contribution in [3.63, 3.8) is 0 Å². The second-order valence-electron chi connectivity index (χ2n) is 7.82. The number of hydrogen-bond donors (Lipinski definition) is 1. The van der Waals surface area contributed by atoms with E-state index in [1.165, 1.54) is 10.4 Å². The Hall–Kier alpha value is -1.46. The van der Waals surface area contributed by atoms with Gasteiger partial charge >= 0.3 is 0 Å². The molecular weight excluding hydrogens is 328 g/mol. The van der Waals surface area contributed by atoms with Crippen LogP contribution in [0.25, 0.3) is 0 Å². The predicted molar refractivity (Wildman–Crippen MR) is 104 cm³/mol. The molecule has 0 aliphatic carbocycles. The molecule has 25 heavy (non-hydrogen) atoms. The highest BCUT2D eigenvalue weighted by Crippen LogP contribution is 2.37. The third-order valence-electron chi connectivity index (χ3n) is 4.85. The van der Waals surface area contributed by atoms with Gasteiger partial charge in [0.2, 0.25) is 0 Å². The maximum absolute atomic E-state index is 10.4. The number of ether oxygens (including phenoxy) is 1. The quantitative estimate of drug-likeness (QED) is 0.613. The summed E-state index contributed by atoms with van der Waals surface area (Å²) < 4.78 is 11.9. The van der Waals surface area contributed by atoms with Crippen LogP contribution < -0.4 is 10.4 Å². The molecule has 3 nitrogen and oxygen atoms in total. The van der Waals surface area contributed by atoms with Crippen molar-refractivity contribution in [1.82, 2.24) is 0 Å². The van der Waals surface area contributed by atoms with Crippen molar-refractivity contribution in [3.8, 4) is 0 Å². The highest BCUT2D eigenvalue weighted by Gasteiger charge is 2.50. The summed E-state index contributed by atoms with van der Waals surface area (Å²) in [4.78, 5) is 0. The Morgan fingerprint density at radius 1 is 1.04 bits per heavy atom. The van der Waals surface area contributed by atoms with E-state index in [0.29, 0.717) is 13.0 Å². The summed E-state index contributed by atoms with van der Waals surface area (Å²) in [6.45, 7) is 7.84. The number of benzene rings is 2. The Balaban J connectivity index is 1.99. The number of hydrogen-bond acceptors (Lipinski definition) is 3. The minimum atomic E-state index is -2.54. The molecule has 1 heterocycles. The van der Waals surface area contributed by atoms with Gasteiger partial charge in [0.1, 0.15) is 0 Å². The van der Waals surface area contributed by atoms with Crippen LogP contribution in [-0.2, 0) is 9.16 Å². The van der Waals surface area contributed by atoms with E-state index in [2.05, 4.69) is 69.3 Å². The highest BCUT2D eigenvalue weighted by molar-refractivity contribution is 6.99. The molecule has 2 aromatic carbocycles. The van der Waals surface area contributed by atoms with Crippen molar-refractivity contribution in [2.75, 3.05) is 13.2 Å². The summed E-state index contributed by atoms with van der Waals surface area (Å²) in [5.74, 6) is 0. The summed E-state index contributed by atoms with van der Waals surface area (Å²) in [7, 11) is -2.54. The van der Waals surface area contributed by atoms with Crippen LogP contribution in [0.1, 0.15) is 27.2 Å². The molecular formula is C21H28O3Si. The van der Waals surface area contributed by atoms with Gasteiger partial charge in [-0.1, -0.05) is 81.4 Å². The average molecular weight is 357 g/mol. The van der Waals surface area contributed by atoms with Gasteiger partial charge in [-0.05, 0) is 15.4 Å². The first-order chi connectivity index (χ1) is 11.9. The smallest absolute Gasteiger partial charge is 0.261 e. The molecule has 0 bridgehead atoms. The van der Waals surface area contributed by atoms with E-state index in [1.54, 1.807) is 0 Å². The monoisotopic (exact) mass is 356 g/mol. The molecule has 2 aromatic rings. The molecule has 3 rings (SSSR count). The van der Waals surface area contributed by atoms with Gasteiger partial charge in [-0.2, -0.15) is 0 Å². The Morgan fingerprint density at radius 2 is 1.52 bits per heavy atom. The van der Waals surface area contributed by atoms with E-state index >= 15 is 0 Å². The molecule has 134 valence electrons. The van der Waals surface area contributed by atoms with Crippen LogP contribution in [0.5, 0.6) is 0 Å². The average Bonchev–Trinajstić information content (AvgIpc) is 3.40. The second-order valence-corrected chi connectivity index (χ2v) is 12.1. The van der Waals surface area contributed by atoms with Crippen molar-refractivity contribution in [3.05, 3.63) is 60.7 Å². The molecule has 0 saturated carbocycles. The Bertz CT molecular complexity index is 623. The zero-order valence-corrected chi connectivity index (χ0v) is 16.3. The Kier molecular flexibility index (Phi) is 5.44. The van der Waals surface area contributed by atoms with Crippen LogP contribution in [0, 0.1) is 0 Å². The van der Waals surface area contributed by atoms with Crippen molar-refractivity contribution in [1.29, 1.82) is 0 Å². The molecule has 1 aliphatic rings. The number of aliphatic hydroxyl groups is 1. The van der Waals surface area contributed by atoms with Crippen molar-refractivity contribution in [2.45, 2.75) is 44.4 Å². The molecule has 4 heteroatoms. The molecule has 1 saturated heterocycles. The molecule has 0 aromatic heterocycles. The summed E-state index contributed by atoms with van der Waals surface area (Å²) >= 11 is 0. The maximum Gasteiger partial charge on any atom is 0.261 e. The van der Waals surface area contributed by atoms with Crippen molar-refractivity contribution < 1.29 is 14.3 Å². The molecule has 0 amide bonds. The van der Waals surface area contributed by atoms with Crippen LogP contribution in [0.4, 0.5) is 0 Å². The fourth-order valence-electron chi connectivity index (χ4n) is 3.56. The standard InChI is InChI=1S/C21H28O3Si/c1-21(2,3)25(19-10-6-4-7-11-19,20-12-8-5-9-13-20)24-15-17(22)14-18-16-23-18/h4-13,17-18,22H,14-16H2,1-3H3/t17-,18-/m0/s1. The summed E-state index contributed by atoms with van der Waals surface area (Å²) in [5, 5.41) is 12.8. The van der Waals surface area contributed by atoms with Gasteiger partial charge in [0, 0.05) is 6.42 Å². The number of aliphatic hydroxyl groups excluding tert-OH is 1. The minimum Gasteiger partial charge on any atom is -0.405 e. The Labute approximate surface area is 151 Å². The topological polar surface area (TPSA) is 42.0 Å². The fraction of sp³-hybridized carbons (Fsp3) is 0.429. The SMILES string of the molecule is CC(C)(C)[Si](OC[C@@H](O)C[C@H]1CO1)(c1ccccc1)c1ccccc1. The molecule has 1 N–H and O–H groups in total. The molecule has 1 fully saturated rings. The predicted octanol–water partition coefficient (Wildman–Crippen LogP) is 2.71. The van der Waals surface area contributed by atoms with Gasteiger partial charge in [-0.15, -0.1) is 0 Å². The summed E-state index contributed by atoms with van der Waals surface area (Å²) in [6.07, 6.45) is 0.366. The maximum atomic E-state index is 10.4. The van der Waals surface area contributed by atoms with Crippen LogP contribution in [-0.4, -0.2) is 38.8 Å². The van der Waals surface area contributed by atoms with Crippen LogP contribution >= 0.6 is 0 Å². The van der Waals surface area contributed by atoms with Gasteiger partial charge in [0.05, 0.1) is 25.4 Å². The molecule has 0 radical (unpaired) electrons. The summed E-state index contributed by atoms with van der Waals surface area (Å²) in [6, 6.07) is 21.0. The van der Waals surface area contributed by atoms with E-state index in [0.717, 1.165) is 6.61 Å². The van der Waals surface area contributed by atoms with Gasteiger partial charge < -0.3 is 14.3 Å². The van der Waals surface area contributed by atoms with Crippen LogP contribution in [0.3, 0.4) is 0 Å². The van der Waals surface area contributed by atoms with Crippen molar-refractivity contribution >= 4 is 18.7 Å². The first-order valence-electron chi connectivity index (χ1n) is 8.98. The summed E-state index contributed by atoms with van der Waals surface area (Å²) in [5.41, 5.74) is 0. The van der Waals surface area contributed by atoms with E-state index in [1.807, 2.05) is 12.1 Å². The van der Waals surface area contributed by atoms with E-state index in [-0.39, 0.29) is 11.1 Å². The largest absolute Gasteiger partial charge is 0.405 e. The van der Waals surface area contributed by atoms with Gasteiger partial charge in [0.15, 0.2) is 0 Å². The lowest BCUT2D eigenvalue weighted by molar-refractivity contribution is 0.0880. The Morgan fingerprint density at radius 3 is 1.92 bits per heavy atom. The lowest BCUT2D eigenvalue weighted by atomic mass is 10.2. The van der Waals surface area contributed by atoms with Gasteiger partial charge in [-0.3, -0.25) is 0 Å². The van der Waals surface area contributed by atoms with Crippen molar-refractivity contribution in [2.24, 2.45) is 0 Å². The zero-order valence-electron chi connectivity index (χ0n) is 15.3. The normalized spacial score (nSPS) is 18.8. The first kappa shape index (κ1) is 18.3. The first-order valence-corrected chi connectivity index (χ1v) is 10.9. The molecule has 0 unspecified atom stereocenters. The van der Waals surface area contributed by atoms with Gasteiger partial charge in [-0.25, -0.2) is 0 Å². The van der Waals surface area contributed by atoms with Gasteiger partial charge in [0.25, 0.3) is 8.32 Å². The third-order valence-corrected chi connectivity index (χ3v) is 9.85. The third kappa shape index (κ3) is 4.03. The van der Waals surface area contributed by atoms with Crippen LogP contribution in [0.2, 0.25) is 5.04 Å². The number of rotatable bonds is 7. The highest BCUT2D eigenvalue weighted by atomic mass is 28.4. The molecule has 2 atom stereocenters. The lowest BCUT2D eigenvalue weighted by Crippen LogP contribution is -2.67. The van der Waals surface area contributed by atoms with E-state index in [4.69, 9.17) is 9.16 Å². The molecule has 1 aliphatic heterocycles. The number of epoxide rings is 1. The second kappa shape index (κ2) is 7.42. The van der Waals surface area contributed by atoms with Crippen LogP contribution in [0.15, 0.2) is 60.7 Å². The zero-order chi connectivity index (χ0) is 17.9. The fourth-order valence-corrected chi connectivity index (χ4v) is 8.16. The van der Waals surface area contributed by atoms with E-state index in [9.17, 15) is 5.11 Å². The molecule has 0 spiro atoms. The lowest BCUT2D eigenvalue weighted by Gasteiger charge is -2.43. The van der Waals surface area contributed by atoms with E-state index < -0.39 is 14.4 Å².